The van der Waals surface area contributed by atoms with Gasteiger partial charge in [0.25, 0.3) is 0 Å². The molecule has 1 saturated heterocycles. The Hall–Kier alpha value is -0.0751. The van der Waals surface area contributed by atoms with Gasteiger partial charge in [-0.25, -0.2) is 4.79 Å². The van der Waals surface area contributed by atoms with Gasteiger partial charge in [0.05, 0.1) is 6.16 Å². The third-order valence-corrected chi connectivity index (χ3v) is 8.30. The fourth-order valence-electron chi connectivity index (χ4n) is 3.83. The Morgan fingerprint density at radius 1 is 1.35 bits per heavy atom. The molecular weight excluding hydrogens is 270 g/mol. The van der Waals surface area contributed by atoms with Crippen molar-refractivity contribution in [3.63, 3.8) is 0 Å². The second kappa shape index (κ2) is 6.36. The largest absolute Gasteiger partial charge is 0.478 e. The molecule has 2 rings (SSSR count). The standard InChI is InChI=1S/C15H27BO3P/c1-10(2)12-7-6-11(3)9-13(12)19-20(16)8-4-5-14(20)15(17)18/h10-14H,4-9H2,1-3H3,(H,17,18)/q+1/t11?,12?,13?,14-,20?/m1/s1. The minimum Gasteiger partial charge on any atom is -0.478 e. The Kier molecular flexibility index (Phi) is 5.18. The van der Waals surface area contributed by atoms with Crippen molar-refractivity contribution < 1.29 is 14.4 Å². The zero-order valence-corrected chi connectivity index (χ0v) is 13.8. The van der Waals surface area contributed by atoms with Gasteiger partial charge in [0.2, 0.25) is 0 Å². The highest BCUT2D eigenvalue weighted by molar-refractivity contribution is 7.95. The van der Waals surface area contributed by atoms with E-state index in [1.54, 1.807) is 0 Å². The Morgan fingerprint density at radius 2 is 2.05 bits per heavy atom. The van der Waals surface area contributed by atoms with Gasteiger partial charge in [-0.2, -0.15) is 0 Å². The van der Waals surface area contributed by atoms with E-state index in [4.69, 9.17) is 12.1 Å². The Balaban J connectivity index is 2.10. The molecule has 0 bridgehead atoms. The molecule has 2 fully saturated rings. The van der Waals surface area contributed by atoms with Crippen LogP contribution in [0.4, 0.5) is 0 Å². The average molecular weight is 297 g/mol. The summed E-state index contributed by atoms with van der Waals surface area (Å²) in [6.45, 7) is 6.74. The van der Waals surface area contributed by atoms with Crippen LogP contribution in [0.5, 0.6) is 0 Å². The van der Waals surface area contributed by atoms with Crippen molar-refractivity contribution in [2.45, 2.75) is 64.6 Å². The molecule has 5 atom stereocenters. The minimum absolute atomic E-state index is 0.164. The first-order valence-corrected chi connectivity index (χ1v) is 9.94. The van der Waals surface area contributed by atoms with Crippen molar-refractivity contribution in [1.82, 2.24) is 0 Å². The maximum absolute atomic E-state index is 11.4. The zero-order chi connectivity index (χ0) is 14.9. The van der Waals surface area contributed by atoms with E-state index in [9.17, 15) is 9.90 Å². The summed E-state index contributed by atoms with van der Waals surface area (Å²) in [5.74, 6) is 1.00. The SMILES string of the molecule is [B][P+]1(OC2CC(C)CCC2C(C)C)CCC[C@@H]1C(=O)O. The fourth-order valence-corrected chi connectivity index (χ4v) is 6.81. The summed E-state index contributed by atoms with van der Waals surface area (Å²) in [4.78, 5) is 11.4. The highest BCUT2D eigenvalue weighted by Gasteiger charge is 2.54. The van der Waals surface area contributed by atoms with Crippen LogP contribution in [0.15, 0.2) is 0 Å². The summed E-state index contributed by atoms with van der Waals surface area (Å²) in [6, 6.07) is 0. The van der Waals surface area contributed by atoms with Crippen LogP contribution in [0.1, 0.15) is 52.9 Å². The third-order valence-electron chi connectivity index (χ3n) is 5.09. The number of carbonyl (C=O) groups is 1. The quantitative estimate of drug-likeness (QED) is 0.635. The van der Waals surface area contributed by atoms with E-state index in [1.807, 2.05) is 0 Å². The summed E-state index contributed by atoms with van der Waals surface area (Å²) in [5.41, 5.74) is -0.437. The van der Waals surface area contributed by atoms with E-state index in [0.717, 1.165) is 19.0 Å². The molecule has 2 radical (unpaired) electrons. The van der Waals surface area contributed by atoms with Crippen molar-refractivity contribution in [2.75, 3.05) is 6.16 Å². The molecule has 1 heterocycles. The van der Waals surface area contributed by atoms with Gasteiger partial charge in [0.1, 0.15) is 13.5 Å². The van der Waals surface area contributed by atoms with Crippen molar-refractivity contribution >= 4 is 20.9 Å². The lowest BCUT2D eigenvalue weighted by Crippen LogP contribution is -2.36. The topological polar surface area (TPSA) is 46.5 Å². The van der Waals surface area contributed by atoms with Crippen LogP contribution in [0.25, 0.3) is 0 Å². The summed E-state index contributed by atoms with van der Waals surface area (Å²) < 4.78 is 6.37. The van der Waals surface area contributed by atoms with E-state index in [1.165, 1.54) is 12.8 Å². The van der Waals surface area contributed by atoms with Crippen molar-refractivity contribution in [3.05, 3.63) is 0 Å². The van der Waals surface area contributed by atoms with Gasteiger partial charge in [-0.3, -0.25) is 4.52 Å². The highest BCUT2D eigenvalue weighted by atomic mass is 31.2. The Labute approximate surface area is 124 Å². The van der Waals surface area contributed by atoms with Crippen LogP contribution >= 0.6 is 7.37 Å². The molecule has 2 aliphatic rings. The lowest BCUT2D eigenvalue weighted by atomic mass is 9.75. The number of hydrogen-bond acceptors (Lipinski definition) is 2. The molecule has 0 aromatic rings. The fraction of sp³-hybridized carbons (Fsp3) is 0.933. The molecule has 0 aromatic heterocycles. The first-order chi connectivity index (χ1) is 9.33. The maximum atomic E-state index is 11.4. The predicted octanol–water partition coefficient (Wildman–Crippen LogP) is 3.73. The van der Waals surface area contributed by atoms with Crippen molar-refractivity contribution in [3.8, 4) is 0 Å². The van der Waals surface area contributed by atoms with Crippen LogP contribution < -0.4 is 0 Å². The Morgan fingerprint density at radius 3 is 2.65 bits per heavy atom. The lowest BCUT2D eigenvalue weighted by Gasteiger charge is -2.39. The van der Waals surface area contributed by atoms with Crippen LogP contribution in [-0.4, -0.2) is 36.6 Å². The Bertz CT molecular complexity index is 363. The molecule has 1 aliphatic heterocycles. The smallest absolute Gasteiger partial charge is 0.402 e. The molecule has 0 spiro atoms. The van der Waals surface area contributed by atoms with Crippen LogP contribution in [0.3, 0.4) is 0 Å². The van der Waals surface area contributed by atoms with Crippen LogP contribution in [0.2, 0.25) is 0 Å². The number of rotatable bonds is 4. The molecule has 3 nitrogen and oxygen atoms in total. The summed E-state index contributed by atoms with van der Waals surface area (Å²) in [7, 11) is 4.19. The third kappa shape index (κ3) is 3.39. The molecule has 5 heteroatoms. The number of carboxylic acids is 1. The van der Waals surface area contributed by atoms with E-state index < -0.39 is 19.0 Å². The lowest BCUT2D eigenvalue weighted by molar-refractivity contribution is -0.136. The van der Waals surface area contributed by atoms with Gasteiger partial charge >= 0.3 is 13.5 Å². The number of carboxylic acid groups (broad SMARTS) is 1. The summed E-state index contributed by atoms with van der Waals surface area (Å²) >= 11 is 0. The molecule has 112 valence electrons. The zero-order valence-electron chi connectivity index (χ0n) is 12.9. The van der Waals surface area contributed by atoms with E-state index in [0.29, 0.717) is 24.2 Å². The average Bonchev–Trinajstić information content (AvgIpc) is 2.70. The maximum Gasteiger partial charge on any atom is 0.402 e. The number of hydrogen-bond donors (Lipinski definition) is 1. The van der Waals surface area contributed by atoms with Gasteiger partial charge in [-0.05, 0) is 43.4 Å². The van der Waals surface area contributed by atoms with Crippen molar-refractivity contribution in [2.24, 2.45) is 17.8 Å². The summed E-state index contributed by atoms with van der Waals surface area (Å²) in [5, 5.41) is 9.37. The van der Waals surface area contributed by atoms with Gasteiger partial charge in [0.15, 0.2) is 5.66 Å². The van der Waals surface area contributed by atoms with Gasteiger partial charge < -0.3 is 5.11 Å². The molecule has 0 amide bonds. The van der Waals surface area contributed by atoms with E-state index >= 15 is 0 Å². The number of aliphatic carboxylic acids is 1. The minimum atomic E-state index is -2.26. The second-order valence-corrected chi connectivity index (χ2v) is 10.0. The van der Waals surface area contributed by atoms with Crippen LogP contribution in [-0.2, 0) is 9.32 Å². The second-order valence-electron chi connectivity index (χ2n) is 7.04. The predicted molar refractivity (Wildman–Crippen MR) is 84.4 cm³/mol. The molecule has 4 unspecified atom stereocenters. The molecule has 1 aliphatic carbocycles. The van der Waals surface area contributed by atoms with Gasteiger partial charge in [-0.1, -0.05) is 27.2 Å². The van der Waals surface area contributed by atoms with Gasteiger partial charge in [0, 0.05) is 0 Å². The molecule has 20 heavy (non-hydrogen) atoms. The molecule has 1 saturated carbocycles. The van der Waals surface area contributed by atoms with Crippen molar-refractivity contribution in [1.29, 1.82) is 0 Å². The first-order valence-electron chi connectivity index (χ1n) is 7.91. The van der Waals surface area contributed by atoms with Crippen LogP contribution in [0, 0.1) is 17.8 Å². The monoisotopic (exact) mass is 297 g/mol. The van der Waals surface area contributed by atoms with Gasteiger partial charge in [-0.15, -0.1) is 0 Å². The first kappa shape index (κ1) is 16.3. The molecule has 0 aromatic carbocycles. The molecular formula is C15H27BO3P+. The van der Waals surface area contributed by atoms with E-state index in [2.05, 4.69) is 20.8 Å². The molecule has 1 N–H and O–H groups in total. The highest BCUT2D eigenvalue weighted by Crippen LogP contribution is 2.67. The normalized spacial score (nSPS) is 42.0. The van der Waals surface area contributed by atoms with E-state index in [-0.39, 0.29) is 6.10 Å². The summed E-state index contributed by atoms with van der Waals surface area (Å²) in [6.07, 6.45) is 6.00.